The molecule has 0 fully saturated rings. The molecule has 1 aromatic rings. The standard InChI is InChI=1S/C12H16FNO2/c1-12(2,13)9-3-5-10(6-4-9)14-8-7-11(15)16/h3-6,14H,7-8H2,1-2H3,(H,15,16). The maximum absolute atomic E-state index is 13.5. The number of carboxylic acid groups (broad SMARTS) is 1. The van der Waals surface area contributed by atoms with Gasteiger partial charge < -0.3 is 10.4 Å². The minimum Gasteiger partial charge on any atom is -0.481 e. The number of halogens is 1. The number of alkyl halides is 1. The van der Waals surface area contributed by atoms with Crippen molar-refractivity contribution in [3.63, 3.8) is 0 Å². The van der Waals surface area contributed by atoms with E-state index in [0.717, 1.165) is 5.69 Å². The van der Waals surface area contributed by atoms with Gasteiger partial charge in [-0.3, -0.25) is 4.79 Å². The maximum atomic E-state index is 13.5. The number of aliphatic carboxylic acids is 1. The third-order valence-electron chi connectivity index (χ3n) is 2.24. The summed E-state index contributed by atoms with van der Waals surface area (Å²) in [6.45, 7) is 3.37. The van der Waals surface area contributed by atoms with E-state index in [-0.39, 0.29) is 6.42 Å². The topological polar surface area (TPSA) is 49.3 Å². The first-order chi connectivity index (χ1) is 7.39. The number of nitrogens with one attached hydrogen (secondary N) is 1. The molecule has 0 spiro atoms. The smallest absolute Gasteiger partial charge is 0.305 e. The molecule has 0 aliphatic rings. The molecule has 0 atom stereocenters. The highest BCUT2D eigenvalue weighted by molar-refractivity contribution is 5.67. The number of benzene rings is 1. The van der Waals surface area contributed by atoms with Gasteiger partial charge in [-0.15, -0.1) is 0 Å². The van der Waals surface area contributed by atoms with Crippen molar-refractivity contribution in [2.45, 2.75) is 25.9 Å². The number of carbonyl (C=O) groups is 1. The molecule has 0 saturated carbocycles. The molecular weight excluding hydrogens is 209 g/mol. The summed E-state index contributed by atoms with van der Waals surface area (Å²) in [4.78, 5) is 10.3. The van der Waals surface area contributed by atoms with E-state index < -0.39 is 11.6 Å². The van der Waals surface area contributed by atoms with Gasteiger partial charge in [0.05, 0.1) is 6.42 Å². The van der Waals surface area contributed by atoms with E-state index in [2.05, 4.69) is 5.32 Å². The van der Waals surface area contributed by atoms with Gasteiger partial charge in [0, 0.05) is 12.2 Å². The molecular formula is C12H16FNO2. The zero-order valence-corrected chi connectivity index (χ0v) is 9.46. The predicted molar refractivity (Wildman–Crippen MR) is 61.3 cm³/mol. The molecule has 1 rings (SSSR count). The highest BCUT2D eigenvalue weighted by atomic mass is 19.1. The molecule has 4 heteroatoms. The summed E-state index contributed by atoms with van der Waals surface area (Å²) < 4.78 is 13.5. The maximum Gasteiger partial charge on any atom is 0.305 e. The molecule has 0 saturated heterocycles. The van der Waals surface area contributed by atoms with Crippen molar-refractivity contribution in [1.82, 2.24) is 0 Å². The number of anilines is 1. The first-order valence-corrected chi connectivity index (χ1v) is 5.15. The van der Waals surface area contributed by atoms with Crippen molar-refractivity contribution >= 4 is 11.7 Å². The van der Waals surface area contributed by atoms with Crippen LogP contribution in [0.4, 0.5) is 10.1 Å². The average molecular weight is 225 g/mol. The lowest BCUT2D eigenvalue weighted by atomic mass is 10.0. The number of hydrogen-bond donors (Lipinski definition) is 2. The van der Waals surface area contributed by atoms with Gasteiger partial charge in [-0.25, -0.2) is 4.39 Å². The van der Waals surface area contributed by atoms with Gasteiger partial charge in [0.1, 0.15) is 5.67 Å². The minimum absolute atomic E-state index is 0.0658. The van der Waals surface area contributed by atoms with Gasteiger partial charge in [-0.2, -0.15) is 0 Å². The lowest BCUT2D eigenvalue weighted by Crippen LogP contribution is -2.10. The van der Waals surface area contributed by atoms with Crippen LogP contribution in [0.15, 0.2) is 24.3 Å². The fourth-order valence-electron chi connectivity index (χ4n) is 1.30. The van der Waals surface area contributed by atoms with Gasteiger partial charge in [-0.1, -0.05) is 12.1 Å². The van der Waals surface area contributed by atoms with E-state index in [1.807, 2.05) is 0 Å². The third-order valence-corrected chi connectivity index (χ3v) is 2.24. The zero-order valence-electron chi connectivity index (χ0n) is 9.46. The monoisotopic (exact) mass is 225 g/mol. The van der Waals surface area contributed by atoms with Crippen LogP contribution in [0.1, 0.15) is 25.8 Å². The fourth-order valence-corrected chi connectivity index (χ4v) is 1.30. The van der Waals surface area contributed by atoms with Crippen LogP contribution in [-0.2, 0) is 10.5 Å². The molecule has 0 heterocycles. The van der Waals surface area contributed by atoms with E-state index in [0.29, 0.717) is 12.1 Å². The van der Waals surface area contributed by atoms with Crippen LogP contribution in [0, 0.1) is 0 Å². The Balaban J connectivity index is 2.55. The number of rotatable bonds is 5. The summed E-state index contributed by atoms with van der Waals surface area (Å²) in [5.41, 5.74) is 0.0603. The van der Waals surface area contributed by atoms with Gasteiger partial charge in [-0.05, 0) is 31.5 Å². The van der Waals surface area contributed by atoms with Crippen molar-refractivity contribution in [3.05, 3.63) is 29.8 Å². The lowest BCUT2D eigenvalue weighted by Gasteiger charge is -2.15. The van der Waals surface area contributed by atoms with Crippen molar-refractivity contribution in [2.24, 2.45) is 0 Å². The van der Waals surface area contributed by atoms with E-state index >= 15 is 0 Å². The molecule has 0 aromatic heterocycles. The van der Waals surface area contributed by atoms with Crippen molar-refractivity contribution in [1.29, 1.82) is 0 Å². The fraction of sp³-hybridized carbons (Fsp3) is 0.417. The zero-order chi connectivity index (χ0) is 12.2. The summed E-state index contributed by atoms with van der Waals surface area (Å²) >= 11 is 0. The second-order valence-corrected chi connectivity index (χ2v) is 4.12. The van der Waals surface area contributed by atoms with Crippen LogP contribution in [0.2, 0.25) is 0 Å². The minimum atomic E-state index is -1.35. The first-order valence-electron chi connectivity index (χ1n) is 5.15. The predicted octanol–water partition coefficient (Wildman–Crippen LogP) is 2.78. The Labute approximate surface area is 94.3 Å². The summed E-state index contributed by atoms with van der Waals surface area (Å²) in [6, 6.07) is 6.89. The van der Waals surface area contributed by atoms with E-state index in [9.17, 15) is 9.18 Å². The molecule has 0 aliphatic carbocycles. The number of carboxylic acids is 1. The van der Waals surface area contributed by atoms with E-state index in [1.54, 1.807) is 24.3 Å². The van der Waals surface area contributed by atoms with Gasteiger partial charge in [0.25, 0.3) is 0 Å². The molecule has 16 heavy (non-hydrogen) atoms. The Kier molecular flexibility index (Phi) is 3.88. The van der Waals surface area contributed by atoms with Crippen LogP contribution in [0.25, 0.3) is 0 Å². The van der Waals surface area contributed by atoms with Gasteiger partial charge in [0.15, 0.2) is 0 Å². The summed E-state index contributed by atoms with van der Waals surface area (Å²) in [5.74, 6) is -0.839. The summed E-state index contributed by atoms with van der Waals surface area (Å²) in [6.07, 6.45) is 0.0658. The first kappa shape index (κ1) is 12.5. The highest BCUT2D eigenvalue weighted by Gasteiger charge is 2.17. The molecule has 1 aromatic carbocycles. The Morgan fingerprint density at radius 2 is 1.94 bits per heavy atom. The molecule has 0 aliphatic heterocycles. The van der Waals surface area contributed by atoms with Crippen molar-refractivity contribution in [3.8, 4) is 0 Å². The highest BCUT2D eigenvalue weighted by Crippen LogP contribution is 2.25. The molecule has 3 nitrogen and oxygen atoms in total. The van der Waals surface area contributed by atoms with Crippen molar-refractivity contribution in [2.75, 3.05) is 11.9 Å². The second-order valence-electron chi connectivity index (χ2n) is 4.12. The molecule has 0 radical (unpaired) electrons. The molecule has 0 bridgehead atoms. The Morgan fingerprint density at radius 1 is 1.38 bits per heavy atom. The average Bonchev–Trinajstić information content (AvgIpc) is 2.16. The van der Waals surface area contributed by atoms with Crippen LogP contribution >= 0.6 is 0 Å². The van der Waals surface area contributed by atoms with E-state index in [1.165, 1.54) is 13.8 Å². The quantitative estimate of drug-likeness (QED) is 0.810. The molecule has 88 valence electrons. The van der Waals surface area contributed by atoms with E-state index in [4.69, 9.17) is 5.11 Å². The Morgan fingerprint density at radius 3 is 2.38 bits per heavy atom. The normalized spacial score (nSPS) is 11.2. The largest absolute Gasteiger partial charge is 0.481 e. The third kappa shape index (κ3) is 3.88. The van der Waals surface area contributed by atoms with Crippen LogP contribution in [0.5, 0.6) is 0 Å². The Hall–Kier alpha value is -1.58. The molecule has 2 N–H and O–H groups in total. The van der Waals surface area contributed by atoms with Crippen LogP contribution in [-0.4, -0.2) is 17.6 Å². The summed E-state index contributed by atoms with van der Waals surface area (Å²) in [7, 11) is 0. The van der Waals surface area contributed by atoms with Gasteiger partial charge >= 0.3 is 5.97 Å². The Bertz CT molecular complexity index is 354. The lowest BCUT2D eigenvalue weighted by molar-refractivity contribution is -0.136. The number of hydrogen-bond acceptors (Lipinski definition) is 2. The van der Waals surface area contributed by atoms with Gasteiger partial charge in [0.2, 0.25) is 0 Å². The van der Waals surface area contributed by atoms with Crippen molar-refractivity contribution < 1.29 is 14.3 Å². The molecule has 0 unspecified atom stereocenters. The van der Waals surface area contributed by atoms with Crippen LogP contribution in [0.3, 0.4) is 0 Å². The van der Waals surface area contributed by atoms with Crippen LogP contribution < -0.4 is 5.32 Å². The SMILES string of the molecule is CC(C)(F)c1ccc(NCCC(=O)O)cc1. The summed E-state index contributed by atoms with van der Waals surface area (Å²) in [5, 5.41) is 11.4. The molecule has 0 amide bonds. The second kappa shape index (κ2) is 4.96.